The van der Waals surface area contributed by atoms with Crippen molar-refractivity contribution in [1.29, 1.82) is 0 Å². The fraction of sp³-hybridized carbons (Fsp3) is 0.571. The Hall–Kier alpha value is -0.0300. The van der Waals surface area contributed by atoms with Crippen LogP contribution in [0.15, 0.2) is 27.6 Å². The molecule has 0 heterocycles. The lowest BCUT2D eigenvalue weighted by Gasteiger charge is -2.11. The fourth-order valence-corrected chi connectivity index (χ4v) is 3.00. The zero-order valence-corrected chi connectivity index (χ0v) is 13.7. The third kappa shape index (κ3) is 6.23. The molecule has 0 spiro atoms. The van der Waals surface area contributed by atoms with Crippen LogP contribution in [-0.4, -0.2) is 25.5 Å². The van der Waals surface area contributed by atoms with E-state index in [0.717, 1.165) is 25.3 Å². The maximum absolute atomic E-state index is 5.05. The molecule has 0 radical (unpaired) electrons. The Balaban J connectivity index is 2.46. The van der Waals surface area contributed by atoms with Crippen LogP contribution in [0.3, 0.4) is 0 Å². The minimum absolute atomic E-state index is 0.514. The normalized spacial score (nSPS) is 11.2. The molecule has 0 amide bonds. The fourth-order valence-electron chi connectivity index (χ4n) is 1.47. The molecule has 0 unspecified atom stereocenters. The molecule has 1 rings (SSSR count). The second-order valence-electron chi connectivity index (χ2n) is 4.48. The van der Waals surface area contributed by atoms with E-state index in [-0.39, 0.29) is 0 Å². The minimum Gasteiger partial charge on any atom is -0.385 e. The highest BCUT2D eigenvalue weighted by Crippen LogP contribution is 2.25. The molecule has 0 aliphatic carbocycles. The van der Waals surface area contributed by atoms with E-state index in [4.69, 9.17) is 4.74 Å². The van der Waals surface area contributed by atoms with Crippen LogP contribution in [0.5, 0.6) is 0 Å². The van der Waals surface area contributed by atoms with Crippen LogP contribution in [0.2, 0.25) is 0 Å². The van der Waals surface area contributed by atoms with Crippen molar-refractivity contribution in [3.05, 3.63) is 28.2 Å². The monoisotopic (exact) mass is 331 g/mol. The number of halogens is 1. The van der Waals surface area contributed by atoms with E-state index in [2.05, 4.69) is 53.3 Å². The third-order valence-electron chi connectivity index (χ3n) is 2.49. The zero-order chi connectivity index (χ0) is 13.4. The summed E-state index contributed by atoms with van der Waals surface area (Å²) in [5.41, 5.74) is 1.31. The number of benzene rings is 1. The van der Waals surface area contributed by atoms with E-state index < -0.39 is 0 Å². The van der Waals surface area contributed by atoms with Crippen LogP contribution >= 0.6 is 27.7 Å². The predicted molar refractivity (Wildman–Crippen MR) is 83.3 cm³/mol. The van der Waals surface area contributed by atoms with Crippen LogP contribution in [0.4, 0.5) is 0 Å². The molecule has 1 aromatic rings. The van der Waals surface area contributed by atoms with Crippen LogP contribution in [0.1, 0.15) is 25.8 Å². The van der Waals surface area contributed by atoms with Crippen molar-refractivity contribution in [1.82, 2.24) is 5.32 Å². The molecule has 0 bridgehead atoms. The van der Waals surface area contributed by atoms with Crippen molar-refractivity contribution in [3.8, 4) is 0 Å². The summed E-state index contributed by atoms with van der Waals surface area (Å²) in [6.45, 7) is 6.07. The van der Waals surface area contributed by atoms with Crippen molar-refractivity contribution in [2.24, 2.45) is 0 Å². The van der Waals surface area contributed by atoms with Crippen LogP contribution in [0, 0.1) is 0 Å². The Morgan fingerprint density at radius 2 is 2.17 bits per heavy atom. The number of rotatable bonds is 8. The summed E-state index contributed by atoms with van der Waals surface area (Å²) in [4.78, 5) is 1.31. The summed E-state index contributed by atoms with van der Waals surface area (Å²) in [7, 11) is 1.75. The SMILES string of the molecule is COCCCSc1ccc(CNC(C)C)c(Br)c1. The van der Waals surface area contributed by atoms with Crippen LogP contribution in [0.25, 0.3) is 0 Å². The van der Waals surface area contributed by atoms with Gasteiger partial charge in [-0.1, -0.05) is 35.8 Å². The highest BCUT2D eigenvalue weighted by molar-refractivity contribution is 9.10. The number of thioether (sulfide) groups is 1. The Bertz CT molecular complexity index is 358. The molecule has 1 aromatic carbocycles. The van der Waals surface area contributed by atoms with Crippen LogP contribution < -0.4 is 5.32 Å². The molecule has 0 aliphatic heterocycles. The van der Waals surface area contributed by atoms with Crippen molar-refractivity contribution < 1.29 is 4.74 Å². The second kappa shape index (κ2) is 8.97. The molecule has 18 heavy (non-hydrogen) atoms. The van der Waals surface area contributed by atoms with E-state index in [1.54, 1.807) is 7.11 Å². The average molecular weight is 332 g/mol. The van der Waals surface area contributed by atoms with Gasteiger partial charge in [-0.2, -0.15) is 0 Å². The van der Waals surface area contributed by atoms with Gasteiger partial charge in [0.05, 0.1) is 0 Å². The number of methoxy groups -OCH3 is 1. The maximum atomic E-state index is 5.05. The highest BCUT2D eigenvalue weighted by atomic mass is 79.9. The van der Waals surface area contributed by atoms with Crippen molar-refractivity contribution in [3.63, 3.8) is 0 Å². The Morgan fingerprint density at radius 1 is 1.39 bits per heavy atom. The lowest BCUT2D eigenvalue weighted by Crippen LogP contribution is -2.21. The molecule has 2 nitrogen and oxygen atoms in total. The van der Waals surface area contributed by atoms with Crippen LogP contribution in [-0.2, 0) is 11.3 Å². The van der Waals surface area contributed by atoms with Gasteiger partial charge in [0.2, 0.25) is 0 Å². The molecular weight excluding hydrogens is 310 g/mol. The molecule has 4 heteroatoms. The number of ether oxygens (including phenoxy) is 1. The molecule has 0 atom stereocenters. The van der Waals surface area contributed by atoms with Gasteiger partial charge >= 0.3 is 0 Å². The molecule has 0 aromatic heterocycles. The lowest BCUT2D eigenvalue weighted by molar-refractivity contribution is 0.200. The number of hydrogen-bond acceptors (Lipinski definition) is 3. The first-order valence-corrected chi connectivity index (χ1v) is 8.05. The first-order valence-electron chi connectivity index (χ1n) is 6.27. The van der Waals surface area contributed by atoms with Gasteiger partial charge < -0.3 is 10.1 Å². The standard InChI is InChI=1S/C14H22BrNOS/c1-11(2)16-10-12-5-6-13(9-14(12)15)18-8-4-7-17-3/h5-6,9,11,16H,4,7-8,10H2,1-3H3. The minimum atomic E-state index is 0.514. The van der Waals surface area contributed by atoms with Gasteiger partial charge in [0.1, 0.15) is 0 Å². The molecule has 1 N–H and O–H groups in total. The zero-order valence-electron chi connectivity index (χ0n) is 11.3. The summed E-state index contributed by atoms with van der Waals surface area (Å²) in [5.74, 6) is 1.10. The maximum Gasteiger partial charge on any atom is 0.0470 e. The van der Waals surface area contributed by atoms with E-state index in [1.807, 2.05) is 11.8 Å². The van der Waals surface area contributed by atoms with E-state index >= 15 is 0 Å². The quantitative estimate of drug-likeness (QED) is 0.573. The summed E-state index contributed by atoms with van der Waals surface area (Å²) in [5, 5.41) is 3.43. The largest absolute Gasteiger partial charge is 0.385 e. The topological polar surface area (TPSA) is 21.3 Å². The summed E-state index contributed by atoms with van der Waals surface area (Å²) in [6, 6.07) is 7.10. The molecule has 102 valence electrons. The van der Waals surface area contributed by atoms with E-state index in [1.165, 1.54) is 14.9 Å². The van der Waals surface area contributed by atoms with Crippen molar-refractivity contribution in [2.75, 3.05) is 19.5 Å². The van der Waals surface area contributed by atoms with Gasteiger partial charge in [0.15, 0.2) is 0 Å². The summed E-state index contributed by atoms with van der Waals surface area (Å²) in [6.07, 6.45) is 1.09. The van der Waals surface area contributed by atoms with Gasteiger partial charge in [0, 0.05) is 41.4 Å². The van der Waals surface area contributed by atoms with Crippen molar-refractivity contribution >= 4 is 27.7 Å². The van der Waals surface area contributed by atoms with Gasteiger partial charge in [-0.05, 0) is 24.1 Å². The smallest absolute Gasteiger partial charge is 0.0470 e. The first kappa shape index (κ1) is 16.0. The molecule has 0 saturated heterocycles. The Morgan fingerprint density at radius 3 is 2.78 bits per heavy atom. The Labute approximate surface area is 123 Å². The van der Waals surface area contributed by atoms with Crippen molar-refractivity contribution in [2.45, 2.75) is 37.8 Å². The summed E-state index contributed by atoms with van der Waals surface area (Å²) < 4.78 is 6.23. The molecule has 0 aliphatic rings. The van der Waals surface area contributed by atoms with E-state index in [0.29, 0.717) is 6.04 Å². The number of nitrogens with one attached hydrogen (secondary N) is 1. The lowest BCUT2D eigenvalue weighted by atomic mass is 10.2. The average Bonchev–Trinajstić information content (AvgIpc) is 2.33. The second-order valence-corrected chi connectivity index (χ2v) is 6.51. The molecule has 0 saturated carbocycles. The summed E-state index contributed by atoms with van der Waals surface area (Å²) >= 11 is 5.52. The van der Waals surface area contributed by atoms with Gasteiger partial charge in [0.25, 0.3) is 0 Å². The third-order valence-corrected chi connectivity index (χ3v) is 4.31. The van der Waals surface area contributed by atoms with Gasteiger partial charge in [-0.25, -0.2) is 0 Å². The highest BCUT2D eigenvalue weighted by Gasteiger charge is 2.03. The van der Waals surface area contributed by atoms with E-state index in [9.17, 15) is 0 Å². The van der Waals surface area contributed by atoms with Gasteiger partial charge in [-0.3, -0.25) is 0 Å². The number of hydrogen-bond donors (Lipinski definition) is 1. The molecular formula is C14H22BrNOS. The molecule has 0 fully saturated rings. The first-order chi connectivity index (χ1) is 8.63. The Kier molecular flexibility index (Phi) is 7.98. The van der Waals surface area contributed by atoms with Gasteiger partial charge in [-0.15, -0.1) is 11.8 Å². The predicted octanol–water partition coefficient (Wildman–Crippen LogP) is 4.08.